The summed E-state index contributed by atoms with van der Waals surface area (Å²) < 4.78 is 0. The van der Waals surface area contributed by atoms with Crippen molar-refractivity contribution in [1.82, 2.24) is 5.06 Å². The molecule has 1 aliphatic heterocycles. The van der Waals surface area contributed by atoms with Crippen LogP contribution in [0.3, 0.4) is 0 Å². The fourth-order valence-electron chi connectivity index (χ4n) is 6.37. The molecule has 1 amide bonds. The van der Waals surface area contributed by atoms with Gasteiger partial charge in [0.1, 0.15) is 6.04 Å². The standard InChI is InChI=1S/C32H40N2O4S/c35-30(22-23-39-32(37)25-13-4-1-5-14-25)33-28-19-11-10-12-24(28)20-21-29(33)31(36)38-34(26-15-6-2-7-16-26)27-17-8-3-9-18-27/h1,4-5,10-14,19,26-27,29H,2-3,6-9,15-18,20-23H2. The maximum Gasteiger partial charge on any atom is 0.348 e. The van der Waals surface area contributed by atoms with E-state index >= 15 is 0 Å². The molecule has 6 nitrogen and oxygen atoms in total. The lowest BCUT2D eigenvalue weighted by atomic mass is 9.90. The molecule has 208 valence electrons. The Morgan fingerprint density at radius 3 is 2.08 bits per heavy atom. The van der Waals surface area contributed by atoms with Crippen LogP contribution in [0.1, 0.15) is 93.0 Å². The molecule has 39 heavy (non-hydrogen) atoms. The number of amides is 1. The van der Waals surface area contributed by atoms with Gasteiger partial charge in [-0.05, 0) is 50.2 Å². The van der Waals surface area contributed by atoms with Gasteiger partial charge >= 0.3 is 5.97 Å². The van der Waals surface area contributed by atoms with Gasteiger partial charge in [-0.3, -0.25) is 14.5 Å². The molecule has 1 atom stereocenters. The zero-order valence-electron chi connectivity index (χ0n) is 22.8. The lowest BCUT2D eigenvalue weighted by Gasteiger charge is -2.42. The minimum absolute atomic E-state index is 0.0472. The SMILES string of the molecule is O=C(SCCC(=O)N1c2ccccc2CCC1C(=O)ON(C1CCCCC1)C1CCCCC1)c1ccccc1. The van der Waals surface area contributed by atoms with Crippen LogP contribution in [0, 0.1) is 0 Å². The van der Waals surface area contributed by atoms with Crippen molar-refractivity contribution in [2.24, 2.45) is 0 Å². The zero-order valence-corrected chi connectivity index (χ0v) is 23.6. The third-order valence-electron chi connectivity index (χ3n) is 8.41. The predicted octanol–water partition coefficient (Wildman–Crippen LogP) is 6.72. The van der Waals surface area contributed by atoms with E-state index in [4.69, 9.17) is 4.84 Å². The van der Waals surface area contributed by atoms with Crippen molar-refractivity contribution in [3.05, 3.63) is 65.7 Å². The molecule has 0 N–H and O–H groups in total. The van der Waals surface area contributed by atoms with Crippen molar-refractivity contribution in [3.8, 4) is 0 Å². The molecule has 1 unspecified atom stereocenters. The Kier molecular flexibility index (Phi) is 9.75. The fourth-order valence-corrected chi connectivity index (χ4v) is 7.13. The number of anilines is 1. The average Bonchev–Trinajstić information content (AvgIpc) is 3.00. The number of rotatable bonds is 8. The number of aryl methyl sites for hydroxylation is 1. The second kappa shape index (κ2) is 13.6. The Hall–Kier alpha value is -2.64. The summed E-state index contributed by atoms with van der Waals surface area (Å²) in [5, 5.41) is 2.01. The molecular formula is C32H40N2O4S. The molecular weight excluding hydrogens is 508 g/mol. The number of hydroxylamine groups is 2. The van der Waals surface area contributed by atoms with Gasteiger partial charge in [-0.15, -0.1) is 5.06 Å². The van der Waals surface area contributed by atoms with Crippen LogP contribution >= 0.6 is 11.8 Å². The highest BCUT2D eigenvalue weighted by atomic mass is 32.2. The number of thioether (sulfide) groups is 1. The molecule has 5 rings (SSSR count). The summed E-state index contributed by atoms with van der Waals surface area (Å²) in [4.78, 5) is 48.1. The fraction of sp³-hybridized carbons (Fsp3) is 0.531. The summed E-state index contributed by atoms with van der Waals surface area (Å²) in [6.45, 7) is 0. The Balaban J connectivity index is 1.30. The molecule has 0 spiro atoms. The van der Waals surface area contributed by atoms with Gasteiger partial charge in [0.25, 0.3) is 0 Å². The maximum atomic E-state index is 13.9. The molecule has 2 saturated carbocycles. The molecule has 0 saturated heterocycles. The molecule has 0 aromatic heterocycles. The van der Waals surface area contributed by atoms with Crippen molar-refractivity contribution in [3.63, 3.8) is 0 Å². The lowest BCUT2D eigenvalue weighted by molar-refractivity contribution is -0.224. The van der Waals surface area contributed by atoms with Gasteiger partial charge < -0.3 is 4.84 Å². The summed E-state index contributed by atoms with van der Waals surface area (Å²) >= 11 is 1.15. The minimum Gasteiger partial charge on any atom is -0.365 e. The zero-order chi connectivity index (χ0) is 27.0. The van der Waals surface area contributed by atoms with Crippen molar-refractivity contribution in [2.45, 2.75) is 102 Å². The van der Waals surface area contributed by atoms with Crippen molar-refractivity contribution < 1.29 is 19.2 Å². The van der Waals surface area contributed by atoms with E-state index in [1.54, 1.807) is 17.0 Å². The normalized spacial score (nSPS) is 20.4. The van der Waals surface area contributed by atoms with Gasteiger partial charge in [0, 0.05) is 35.5 Å². The molecule has 2 aromatic carbocycles. The molecule has 3 aliphatic rings. The summed E-state index contributed by atoms with van der Waals surface area (Å²) in [5.74, 6) is -0.0927. The number of carbonyl (C=O) groups is 3. The quantitative estimate of drug-likeness (QED) is 0.341. The summed E-state index contributed by atoms with van der Waals surface area (Å²) in [6, 6.07) is 16.8. The van der Waals surface area contributed by atoms with Crippen LogP contribution in [0.25, 0.3) is 0 Å². The van der Waals surface area contributed by atoms with E-state index < -0.39 is 6.04 Å². The molecule has 2 aliphatic carbocycles. The molecule has 0 bridgehead atoms. The van der Waals surface area contributed by atoms with Crippen molar-refractivity contribution in [2.75, 3.05) is 10.7 Å². The first-order valence-corrected chi connectivity index (χ1v) is 15.7. The Morgan fingerprint density at radius 2 is 1.41 bits per heavy atom. The van der Waals surface area contributed by atoms with E-state index in [1.807, 2.05) is 42.5 Å². The second-order valence-electron chi connectivity index (χ2n) is 11.1. The van der Waals surface area contributed by atoms with Gasteiger partial charge in [-0.1, -0.05) is 98.8 Å². The van der Waals surface area contributed by atoms with Crippen molar-refractivity contribution >= 4 is 34.4 Å². The van der Waals surface area contributed by atoms with Gasteiger partial charge in [0.2, 0.25) is 11.0 Å². The van der Waals surface area contributed by atoms with E-state index in [9.17, 15) is 14.4 Å². The average molecular weight is 549 g/mol. The van der Waals surface area contributed by atoms with Crippen LogP contribution < -0.4 is 4.90 Å². The predicted molar refractivity (Wildman–Crippen MR) is 156 cm³/mol. The van der Waals surface area contributed by atoms with Gasteiger partial charge in [-0.25, -0.2) is 4.79 Å². The second-order valence-corrected chi connectivity index (χ2v) is 12.1. The van der Waals surface area contributed by atoms with Crippen LogP contribution in [0.15, 0.2) is 54.6 Å². The summed E-state index contributed by atoms with van der Waals surface area (Å²) in [7, 11) is 0. The van der Waals surface area contributed by atoms with Crippen LogP contribution in [-0.2, 0) is 20.8 Å². The third kappa shape index (κ3) is 6.93. The number of nitrogens with zero attached hydrogens (tertiary/aromatic N) is 2. The molecule has 2 fully saturated rings. The third-order valence-corrected chi connectivity index (χ3v) is 9.32. The Bertz CT molecular complexity index is 1110. The van der Waals surface area contributed by atoms with Gasteiger partial charge in [-0.2, -0.15) is 0 Å². The van der Waals surface area contributed by atoms with Crippen LogP contribution in [0.5, 0.6) is 0 Å². The number of benzene rings is 2. The van der Waals surface area contributed by atoms with Crippen LogP contribution in [0.2, 0.25) is 0 Å². The number of carbonyl (C=O) groups excluding carboxylic acids is 3. The Morgan fingerprint density at radius 1 is 0.795 bits per heavy atom. The monoisotopic (exact) mass is 548 g/mol. The van der Waals surface area contributed by atoms with Crippen LogP contribution in [0.4, 0.5) is 5.69 Å². The first-order valence-electron chi connectivity index (χ1n) is 14.7. The van der Waals surface area contributed by atoms with Gasteiger partial charge in [0.05, 0.1) is 0 Å². The molecule has 7 heteroatoms. The summed E-state index contributed by atoms with van der Waals surface area (Å²) in [5.41, 5.74) is 2.49. The first-order chi connectivity index (χ1) is 19.1. The lowest BCUT2D eigenvalue weighted by Crippen LogP contribution is -2.53. The topological polar surface area (TPSA) is 66.9 Å². The van der Waals surface area contributed by atoms with E-state index in [1.165, 1.54) is 38.5 Å². The number of fused-ring (bicyclic) bond motifs is 1. The maximum absolute atomic E-state index is 13.9. The summed E-state index contributed by atoms with van der Waals surface area (Å²) in [6.07, 6.45) is 12.9. The highest BCUT2D eigenvalue weighted by Crippen LogP contribution is 2.34. The minimum atomic E-state index is -0.656. The molecule has 0 radical (unpaired) electrons. The number of para-hydroxylation sites is 1. The van der Waals surface area contributed by atoms with Crippen LogP contribution in [-0.4, -0.2) is 45.9 Å². The van der Waals surface area contributed by atoms with E-state index in [2.05, 4.69) is 5.06 Å². The van der Waals surface area contributed by atoms with E-state index in [0.717, 1.165) is 55.1 Å². The molecule has 1 heterocycles. The van der Waals surface area contributed by atoms with Crippen molar-refractivity contribution in [1.29, 1.82) is 0 Å². The van der Waals surface area contributed by atoms with E-state index in [-0.39, 0.29) is 35.5 Å². The number of hydrogen-bond donors (Lipinski definition) is 0. The highest BCUT2D eigenvalue weighted by molar-refractivity contribution is 8.14. The highest BCUT2D eigenvalue weighted by Gasteiger charge is 2.40. The largest absolute Gasteiger partial charge is 0.365 e. The first kappa shape index (κ1) is 27.9. The van der Waals surface area contributed by atoms with E-state index in [0.29, 0.717) is 17.7 Å². The van der Waals surface area contributed by atoms with Gasteiger partial charge in [0.15, 0.2) is 0 Å². The molecule has 2 aromatic rings. The smallest absolute Gasteiger partial charge is 0.348 e. The Labute approximate surface area is 236 Å². The number of hydrogen-bond acceptors (Lipinski definition) is 6.